The van der Waals surface area contributed by atoms with E-state index in [1.54, 1.807) is 0 Å². The Hall–Kier alpha value is -1.95. The molecule has 0 bridgehead atoms. The lowest BCUT2D eigenvalue weighted by Crippen LogP contribution is -2.02. The molecule has 1 aromatic heterocycles. The fraction of sp³-hybridized carbons (Fsp3) is 0.273. The van der Waals surface area contributed by atoms with Gasteiger partial charge in [0.25, 0.3) is 0 Å². The van der Waals surface area contributed by atoms with E-state index in [-0.39, 0.29) is 6.61 Å². The van der Waals surface area contributed by atoms with Crippen LogP contribution in [0.3, 0.4) is 0 Å². The molecule has 2 rings (SSSR count). The molecule has 1 unspecified atom stereocenters. The van der Waals surface area contributed by atoms with Crippen molar-refractivity contribution in [3.63, 3.8) is 0 Å². The molecule has 0 saturated heterocycles. The van der Waals surface area contributed by atoms with E-state index in [9.17, 15) is 9.50 Å². The van der Waals surface area contributed by atoms with Gasteiger partial charge in [0.15, 0.2) is 6.61 Å². The molecule has 0 amide bonds. The van der Waals surface area contributed by atoms with Gasteiger partial charge < -0.3 is 14.4 Å². The molecule has 1 N–H and O–H groups in total. The van der Waals surface area contributed by atoms with Gasteiger partial charge in [-0.3, -0.25) is 0 Å². The fourth-order valence-electron chi connectivity index (χ4n) is 1.38. The first kappa shape index (κ1) is 11.5. The van der Waals surface area contributed by atoms with Crippen LogP contribution >= 0.6 is 0 Å². The molecule has 1 aromatic carbocycles. The van der Waals surface area contributed by atoms with Gasteiger partial charge in [0, 0.05) is 5.56 Å². The van der Waals surface area contributed by atoms with E-state index in [1.807, 2.05) is 0 Å². The summed E-state index contributed by atoms with van der Waals surface area (Å²) >= 11 is 0. The van der Waals surface area contributed by atoms with Crippen LogP contribution in [0.2, 0.25) is 0 Å². The summed E-state index contributed by atoms with van der Waals surface area (Å²) in [7, 11) is 0. The third kappa shape index (κ3) is 2.79. The molecule has 0 aliphatic heterocycles. The second-order valence-electron chi connectivity index (χ2n) is 3.49. The van der Waals surface area contributed by atoms with Crippen molar-refractivity contribution >= 4 is 0 Å². The van der Waals surface area contributed by atoms with Gasteiger partial charge in [-0.15, -0.1) is 0 Å². The minimum Gasteiger partial charge on any atom is -0.485 e. The zero-order valence-electron chi connectivity index (χ0n) is 9.13. The third-order valence-electron chi connectivity index (χ3n) is 2.19. The number of halogens is 1. The third-order valence-corrected chi connectivity index (χ3v) is 2.19. The zero-order valence-corrected chi connectivity index (χ0v) is 9.13. The normalized spacial score (nSPS) is 12.4. The molecule has 0 spiro atoms. The first-order chi connectivity index (χ1) is 8.16. The molecule has 0 radical (unpaired) electrons. The Bertz CT molecular complexity index is 485. The van der Waals surface area contributed by atoms with Crippen LogP contribution in [0.25, 0.3) is 0 Å². The number of hydrogen-bond acceptors (Lipinski definition) is 5. The second kappa shape index (κ2) is 4.92. The summed E-state index contributed by atoms with van der Waals surface area (Å²) in [6.45, 7) is 1.64. The van der Waals surface area contributed by atoms with Crippen LogP contribution in [-0.4, -0.2) is 15.2 Å². The standard InChI is InChI=1S/C11H11FN2O3/c1-7(15)9-4-8(12)2-3-10(9)16-5-11-13-6-17-14-11/h2-4,6-7,15H,5H2,1H3. The number of aliphatic hydroxyl groups excluding tert-OH is 1. The summed E-state index contributed by atoms with van der Waals surface area (Å²) in [5.41, 5.74) is 0.383. The number of hydrogen-bond donors (Lipinski definition) is 1. The summed E-state index contributed by atoms with van der Waals surface area (Å²) < 4.78 is 23.0. The van der Waals surface area contributed by atoms with Crippen molar-refractivity contribution in [3.05, 3.63) is 41.8 Å². The van der Waals surface area contributed by atoms with E-state index >= 15 is 0 Å². The maximum atomic E-state index is 13.0. The van der Waals surface area contributed by atoms with Gasteiger partial charge in [0.2, 0.25) is 12.2 Å². The number of nitrogens with zero attached hydrogens (tertiary/aromatic N) is 2. The van der Waals surface area contributed by atoms with Crippen LogP contribution in [0, 0.1) is 5.82 Å². The Kier molecular flexibility index (Phi) is 3.34. The molecule has 1 atom stereocenters. The van der Waals surface area contributed by atoms with E-state index in [0.717, 1.165) is 0 Å². The van der Waals surface area contributed by atoms with E-state index in [1.165, 1.54) is 31.5 Å². The van der Waals surface area contributed by atoms with Gasteiger partial charge in [-0.2, -0.15) is 4.98 Å². The molecule has 0 fully saturated rings. The van der Waals surface area contributed by atoms with Crippen LogP contribution in [0.1, 0.15) is 24.4 Å². The maximum Gasteiger partial charge on any atom is 0.213 e. The Morgan fingerprint density at radius 2 is 2.35 bits per heavy atom. The highest BCUT2D eigenvalue weighted by atomic mass is 19.1. The molecule has 0 aliphatic rings. The van der Waals surface area contributed by atoms with Crippen LogP contribution < -0.4 is 4.74 Å². The van der Waals surface area contributed by atoms with Crippen LogP contribution in [-0.2, 0) is 6.61 Å². The number of benzene rings is 1. The average Bonchev–Trinajstić information content (AvgIpc) is 2.80. The lowest BCUT2D eigenvalue weighted by Gasteiger charge is -2.12. The monoisotopic (exact) mass is 238 g/mol. The highest BCUT2D eigenvalue weighted by Crippen LogP contribution is 2.26. The number of ether oxygens (including phenoxy) is 1. The van der Waals surface area contributed by atoms with Gasteiger partial charge in [-0.05, 0) is 25.1 Å². The fourth-order valence-corrected chi connectivity index (χ4v) is 1.38. The predicted molar refractivity (Wildman–Crippen MR) is 55.7 cm³/mol. The van der Waals surface area contributed by atoms with Gasteiger partial charge >= 0.3 is 0 Å². The topological polar surface area (TPSA) is 68.4 Å². The summed E-state index contributed by atoms with van der Waals surface area (Å²) in [6, 6.07) is 3.95. The Labute approximate surface area is 96.8 Å². The molecule has 5 nitrogen and oxygen atoms in total. The lowest BCUT2D eigenvalue weighted by molar-refractivity contribution is 0.188. The SMILES string of the molecule is CC(O)c1cc(F)ccc1OCc1ncon1. The minimum atomic E-state index is -0.814. The molecule has 1 heterocycles. The molecular weight excluding hydrogens is 227 g/mol. The van der Waals surface area contributed by atoms with Gasteiger partial charge in [-0.1, -0.05) is 5.16 Å². The number of aliphatic hydroxyl groups is 1. The molecular formula is C11H11FN2O3. The first-order valence-electron chi connectivity index (χ1n) is 5.02. The van der Waals surface area contributed by atoms with E-state index < -0.39 is 11.9 Å². The van der Waals surface area contributed by atoms with Crippen molar-refractivity contribution in [2.45, 2.75) is 19.6 Å². The van der Waals surface area contributed by atoms with Crippen molar-refractivity contribution in [1.29, 1.82) is 0 Å². The summed E-state index contributed by atoms with van der Waals surface area (Å²) in [4.78, 5) is 3.78. The van der Waals surface area contributed by atoms with Crippen LogP contribution in [0.5, 0.6) is 5.75 Å². The zero-order chi connectivity index (χ0) is 12.3. The second-order valence-corrected chi connectivity index (χ2v) is 3.49. The Morgan fingerprint density at radius 3 is 3.00 bits per heavy atom. The Balaban J connectivity index is 2.14. The summed E-state index contributed by atoms with van der Waals surface area (Å²) in [6.07, 6.45) is 0.379. The van der Waals surface area contributed by atoms with Gasteiger partial charge in [-0.25, -0.2) is 4.39 Å². The van der Waals surface area contributed by atoms with Crippen molar-refractivity contribution in [2.24, 2.45) is 0 Å². The van der Waals surface area contributed by atoms with Crippen molar-refractivity contribution in [2.75, 3.05) is 0 Å². The Morgan fingerprint density at radius 1 is 1.53 bits per heavy atom. The highest BCUT2D eigenvalue weighted by Gasteiger charge is 2.11. The molecule has 0 saturated carbocycles. The molecule has 17 heavy (non-hydrogen) atoms. The van der Waals surface area contributed by atoms with Gasteiger partial charge in [0.05, 0.1) is 6.10 Å². The smallest absolute Gasteiger partial charge is 0.213 e. The first-order valence-corrected chi connectivity index (χ1v) is 5.02. The summed E-state index contributed by atoms with van der Waals surface area (Å²) in [5, 5.41) is 13.1. The minimum absolute atomic E-state index is 0.0991. The lowest BCUT2D eigenvalue weighted by atomic mass is 10.1. The molecule has 0 aliphatic carbocycles. The van der Waals surface area contributed by atoms with E-state index in [0.29, 0.717) is 17.1 Å². The average molecular weight is 238 g/mol. The molecule has 6 heteroatoms. The van der Waals surface area contributed by atoms with E-state index in [2.05, 4.69) is 14.7 Å². The molecule has 90 valence electrons. The van der Waals surface area contributed by atoms with Crippen molar-refractivity contribution in [1.82, 2.24) is 10.1 Å². The summed E-state index contributed by atoms with van der Waals surface area (Å²) in [5.74, 6) is 0.352. The van der Waals surface area contributed by atoms with Crippen LogP contribution in [0.15, 0.2) is 29.1 Å². The van der Waals surface area contributed by atoms with Crippen molar-refractivity contribution in [3.8, 4) is 5.75 Å². The quantitative estimate of drug-likeness (QED) is 0.880. The number of rotatable bonds is 4. The maximum absolute atomic E-state index is 13.0. The van der Waals surface area contributed by atoms with Crippen molar-refractivity contribution < 1.29 is 18.8 Å². The van der Waals surface area contributed by atoms with E-state index in [4.69, 9.17) is 4.74 Å². The van der Waals surface area contributed by atoms with Crippen LogP contribution in [0.4, 0.5) is 4.39 Å². The molecule has 2 aromatic rings. The largest absolute Gasteiger partial charge is 0.485 e. The highest BCUT2D eigenvalue weighted by molar-refractivity contribution is 5.35. The van der Waals surface area contributed by atoms with Gasteiger partial charge in [0.1, 0.15) is 11.6 Å². The number of aromatic nitrogens is 2. The predicted octanol–water partition coefficient (Wildman–Crippen LogP) is 1.84.